The van der Waals surface area contributed by atoms with E-state index >= 15 is 0 Å². The lowest BCUT2D eigenvalue weighted by Gasteiger charge is -2.28. The number of carbonyl (C=O) groups is 5. The Hall–Kier alpha value is -1.98. The van der Waals surface area contributed by atoms with Crippen LogP contribution in [0.2, 0.25) is 5.02 Å². The maximum Gasteiger partial charge on any atom is 0.308 e. The van der Waals surface area contributed by atoms with E-state index in [9.17, 15) is 24.0 Å². The molecule has 1 saturated heterocycles. The van der Waals surface area contributed by atoms with Crippen LogP contribution in [0.3, 0.4) is 0 Å². The fourth-order valence-corrected chi connectivity index (χ4v) is 6.89. The minimum absolute atomic E-state index is 0.0855. The molecule has 9 nitrogen and oxygen atoms in total. The van der Waals surface area contributed by atoms with Crippen LogP contribution in [0, 0.1) is 23.7 Å². The van der Waals surface area contributed by atoms with Gasteiger partial charge in [-0.1, -0.05) is 43.5 Å². The number of nitrogens with zero attached hydrogens (tertiary/aromatic N) is 1. The predicted molar refractivity (Wildman–Crippen MR) is 123 cm³/mol. The highest BCUT2D eigenvalue weighted by Crippen LogP contribution is 2.60. The van der Waals surface area contributed by atoms with Crippen molar-refractivity contribution in [3.63, 3.8) is 0 Å². The van der Waals surface area contributed by atoms with Crippen LogP contribution in [0.1, 0.15) is 23.2 Å². The molecule has 6 atom stereocenters. The van der Waals surface area contributed by atoms with Crippen molar-refractivity contribution in [2.45, 2.75) is 22.5 Å². The van der Waals surface area contributed by atoms with E-state index in [0.717, 1.165) is 11.3 Å². The molecule has 12 heteroatoms. The van der Waals surface area contributed by atoms with Crippen LogP contribution in [0.15, 0.2) is 24.3 Å². The molecule has 1 heterocycles. The van der Waals surface area contributed by atoms with Crippen molar-refractivity contribution in [1.29, 1.82) is 0 Å². The highest BCUT2D eigenvalue weighted by Gasteiger charge is 2.66. The van der Waals surface area contributed by atoms with Crippen molar-refractivity contribution in [1.82, 2.24) is 15.8 Å². The summed E-state index contributed by atoms with van der Waals surface area (Å²) in [6, 6.07) is 6.04. The zero-order valence-corrected chi connectivity index (χ0v) is 21.1. The van der Waals surface area contributed by atoms with Gasteiger partial charge in [0.05, 0.1) is 18.3 Å². The number of hydrogen-bond acceptors (Lipinski definition) is 6. The lowest BCUT2D eigenvalue weighted by atomic mass is 9.81. The fraction of sp³-hybridized carbons (Fsp3) is 0.476. The number of nitrogens with one attached hydrogen (secondary N) is 2. The van der Waals surface area contributed by atoms with Crippen molar-refractivity contribution in [2.24, 2.45) is 23.7 Å². The zero-order valence-electron chi connectivity index (χ0n) is 17.1. The van der Waals surface area contributed by atoms with E-state index < -0.39 is 24.4 Å². The molecule has 33 heavy (non-hydrogen) atoms. The maximum absolute atomic E-state index is 12.8. The molecule has 0 radical (unpaired) electrons. The second-order valence-electron chi connectivity index (χ2n) is 8.25. The molecular weight excluding hydrogens is 586 g/mol. The quantitative estimate of drug-likeness (QED) is 0.221. The Balaban J connectivity index is 1.20. The van der Waals surface area contributed by atoms with E-state index in [0.29, 0.717) is 5.02 Å². The smallest absolute Gasteiger partial charge is 0.308 e. The second kappa shape index (κ2) is 9.71. The summed E-state index contributed by atoms with van der Waals surface area (Å²) in [6.45, 7) is -0.703. The lowest BCUT2D eigenvalue weighted by Crippen LogP contribution is -2.43. The van der Waals surface area contributed by atoms with Gasteiger partial charge in [0.25, 0.3) is 11.8 Å². The summed E-state index contributed by atoms with van der Waals surface area (Å²) in [5, 5.41) is 0.468. The number of hydrazine groups is 1. The summed E-state index contributed by atoms with van der Waals surface area (Å²) in [5.41, 5.74) is 4.62. The molecule has 2 saturated carbocycles. The molecule has 2 aliphatic carbocycles. The number of hydrogen-bond donors (Lipinski definition) is 2. The van der Waals surface area contributed by atoms with Gasteiger partial charge in [0.1, 0.15) is 0 Å². The molecule has 1 aromatic rings. The standard InChI is InChI=1S/C21H20Br2ClN3O6/c22-17-11-7-12(18(17)23)16-15(11)20(31)27(21(16)32)6-5-14(29)33-8-13(28)25-26-19(30)9-1-3-10(24)4-2-9/h1-4,11-12,15-18H,5-8H2,(H,25,28)(H,26,30)/t11-,12-,15-,16+,17-,18+/m1/s1. The normalized spacial score (nSPS) is 29.7. The molecule has 2 bridgehead atoms. The summed E-state index contributed by atoms with van der Waals surface area (Å²) in [6.07, 6.45) is 0.615. The number of alkyl halides is 2. The number of likely N-dealkylation sites (tertiary alicyclic amines) is 1. The van der Waals surface area contributed by atoms with Crippen LogP contribution in [0.25, 0.3) is 0 Å². The molecule has 3 aliphatic rings. The van der Waals surface area contributed by atoms with E-state index in [2.05, 4.69) is 42.7 Å². The Kier molecular flexibility index (Phi) is 7.11. The molecule has 3 fully saturated rings. The van der Waals surface area contributed by atoms with Crippen LogP contribution >= 0.6 is 43.5 Å². The minimum atomic E-state index is -0.739. The first-order valence-corrected chi connectivity index (χ1v) is 12.5. The van der Waals surface area contributed by atoms with Crippen LogP contribution in [-0.4, -0.2) is 57.3 Å². The van der Waals surface area contributed by atoms with Crippen molar-refractivity contribution in [2.75, 3.05) is 13.2 Å². The van der Waals surface area contributed by atoms with Crippen LogP contribution in [0.4, 0.5) is 0 Å². The zero-order chi connectivity index (χ0) is 23.9. The summed E-state index contributed by atoms with van der Waals surface area (Å²) in [7, 11) is 0. The van der Waals surface area contributed by atoms with Gasteiger partial charge in [-0.3, -0.25) is 39.7 Å². The van der Waals surface area contributed by atoms with Crippen molar-refractivity contribution >= 4 is 73.1 Å². The molecule has 0 unspecified atom stereocenters. The van der Waals surface area contributed by atoms with Gasteiger partial charge >= 0.3 is 5.97 Å². The van der Waals surface area contributed by atoms with Gasteiger partial charge < -0.3 is 4.74 Å². The Bertz CT molecular complexity index is 974. The minimum Gasteiger partial charge on any atom is -0.455 e. The van der Waals surface area contributed by atoms with E-state index in [1.807, 2.05) is 0 Å². The molecule has 1 aromatic carbocycles. The third kappa shape index (κ3) is 4.67. The number of benzene rings is 1. The molecule has 2 N–H and O–H groups in total. The van der Waals surface area contributed by atoms with Gasteiger partial charge in [-0.25, -0.2) is 0 Å². The number of imide groups is 1. The van der Waals surface area contributed by atoms with Gasteiger partial charge in [-0.05, 0) is 42.5 Å². The Morgan fingerprint density at radius 1 is 1.00 bits per heavy atom. The first-order valence-electron chi connectivity index (χ1n) is 10.3. The summed E-state index contributed by atoms with van der Waals surface area (Å²) >= 11 is 13.0. The topological polar surface area (TPSA) is 122 Å². The Labute approximate surface area is 211 Å². The first-order chi connectivity index (χ1) is 15.7. The highest BCUT2D eigenvalue weighted by atomic mass is 79.9. The van der Waals surface area contributed by atoms with Gasteiger partial charge in [-0.15, -0.1) is 0 Å². The number of esters is 1. The van der Waals surface area contributed by atoms with Gasteiger partial charge in [0, 0.05) is 26.8 Å². The second-order valence-corrected chi connectivity index (χ2v) is 10.8. The summed E-state index contributed by atoms with van der Waals surface area (Å²) < 4.78 is 4.89. The van der Waals surface area contributed by atoms with E-state index in [4.69, 9.17) is 16.3 Å². The number of carbonyl (C=O) groups excluding carboxylic acids is 5. The average molecular weight is 606 g/mol. The number of fused-ring (bicyclic) bond motifs is 5. The predicted octanol–water partition coefficient (Wildman–Crippen LogP) is 1.81. The highest BCUT2D eigenvalue weighted by molar-refractivity contribution is 9.12. The van der Waals surface area contributed by atoms with Crippen LogP contribution < -0.4 is 10.9 Å². The first kappa shape index (κ1) is 24.2. The third-order valence-corrected chi connectivity index (χ3v) is 9.86. The third-order valence-electron chi connectivity index (χ3n) is 6.40. The summed E-state index contributed by atoms with van der Waals surface area (Å²) in [5.74, 6) is -2.99. The van der Waals surface area contributed by atoms with Crippen LogP contribution in [0.5, 0.6) is 0 Å². The Morgan fingerprint density at radius 3 is 2.15 bits per heavy atom. The molecule has 0 aromatic heterocycles. The number of halogens is 3. The Morgan fingerprint density at radius 2 is 1.58 bits per heavy atom. The van der Waals surface area contributed by atoms with Gasteiger partial charge in [-0.2, -0.15) is 0 Å². The van der Waals surface area contributed by atoms with Gasteiger partial charge in [0.15, 0.2) is 6.61 Å². The number of rotatable bonds is 6. The molecule has 1 aliphatic heterocycles. The van der Waals surface area contributed by atoms with E-state index in [1.165, 1.54) is 24.3 Å². The van der Waals surface area contributed by atoms with Crippen molar-refractivity contribution < 1.29 is 28.7 Å². The SMILES string of the molecule is O=C(COC(=O)CCN1C(=O)[C@@H]2[C@H]3C[C@@H]([C@H](Br)[C@@H]3Br)[C@@H]2C1=O)NNC(=O)c1ccc(Cl)cc1. The van der Waals surface area contributed by atoms with E-state index in [-0.39, 0.29) is 63.7 Å². The number of amides is 4. The monoisotopic (exact) mass is 603 g/mol. The largest absolute Gasteiger partial charge is 0.455 e. The van der Waals surface area contributed by atoms with Crippen molar-refractivity contribution in [3.8, 4) is 0 Å². The van der Waals surface area contributed by atoms with Crippen LogP contribution in [-0.2, 0) is 23.9 Å². The van der Waals surface area contributed by atoms with Crippen molar-refractivity contribution in [3.05, 3.63) is 34.9 Å². The number of ether oxygens (including phenoxy) is 1. The average Bonchev–Trinajstić information content (AvgIpc) is 3.40. The maximum atomic E-state index is 12.8. The van der Waals surface area contributed by atoms with E-state index in [1.54, 1.807) is 0 Å². The molecule has 176 valence electrons. The summed E-state index contributed by atoms with van der Waals surface area (Å²) in [4.78, 5) is 62.8. The molecule has 4 rings (SSSR count). The van der Waals surface area contributed by atoms with Gasteiger partial charge in [0.2, 0.25) is 11.8 Å². The fourth-order valence-electron chi connectivity index (χ4n) is 4.89. The molecule has 0 spiro atoms. The lowest BCUT2D eigenvalue weighted by molar-refractivity contribution is -0.150. The molecular formula is C21H20Br2ClN3O6. The molecule has 4 amide bonds.